The number of nitrogens with one attached hydrogen (secondary N) is 1. The van der Waals surface area contributed by atoms with E-state index in [1.54, 1.807) is 12.1 Å². The van der Waals surface area contributed by atoms with Crippen LogP contribution in [0.1, 0.15) is 48.2 Å². The zero-order valence-corrected chi connectivity index (χ0v) is 18.8. The van der Waals surface area contributed by atoms with Gasteiger partial charge >= 0.3 is 0 Å². The maximum Gasteiger partial charge on any atom is 0.251 e. The standard InChI is InChI=1S/C23H31N3O3S/c1-18(2)25(3)17-21-9-5-4-8-20(21)16-24-23(27)19-10-12-22(13-11-19)30(28,29)26-14-6-7-15-26/h4-5,8-13,18H,6-7,14-17H2,1-3H3,(H,24,27). The molecule has 0 bridgehead atoms. The molecule has 0 unspecified atom stereocenters. The maximum atomic E-state index is 12.6. The van der Waals surface area contributed by atoms with Gasteiger partial charge in [-0.25, -0.2) is 8.42 Å². The van der Waals surface area contributed by atoms with Crippen molar-refractivity contribution >= 4 is 15.9 Å². The van der Waals surface area contributed by atoms with Crippen LogP contribution in [0.5, 0.6) is 0 Å². The lowest BCUT2D eigenvalue weighted by Crippen LogP contribution is -2.28. The fourth-order valence-corrected chi connectivity index (χ4v) is 4.99. The Bertz CT molecular complexity index is 965. The molecule has 1 aliphatic rings. The molecule has 7 heteroatoms. The monoisotopic (exact) mass is 429 g/mol. The van der Waals surface area contributed by atoms with Gasteiger partial charge in [0.1, 0.15) is 0 Å². The lowest BCUT2D eigenvalue weighted by Gasteiger charge is -2.22. The summed E-state index contributed by atoms with van der Waals surface area (Å²) in [6, 6.07) is 14.7. The zero-order chi connectivity index (χ0) is 21.7. The Hall–Kier alpha value is -2.22. The van der Waals surface area contributed by atoms with E-state index in [1.807, 2.05) is 18.2 Å². The molecule has 1 amide bonds. The van der Waals surface area contributed by atoms with Gasteiger partial charge in [-0.3, -0.25) is 9.69 Å². The number of carbonyl (C=O) groups is 1. The first-order valence-electron chi connectivity index (χ1n) is 10.4. The first-order valence-corrected chi connectivity index (χ1v) is 11.9. The van der Waals surface area contributed by atoms with Crippen LogP contribution in [0.2, 0.25) is 0 Å². The van der Waals surface area contributed by atoms with Crippen LogP contribution in [0.15, 0.2) is 53.4 Å². The van der Waals surface area contributed by atoms with Crippen LogP contribution in [0.3, 0.4) is 0 Å². The first-order chi connectivity index (χ1) is 14.3. The molecule has 1 heterocycles. The van der Waals surface area contributed by atoms with E-state index in [4.69, 9.17) is 0 Å². The van der Waals surface area contributed by atoms with E-state index in [0.29, 0.717) is 31.2 Å². The van der Waals surface area contributed by atoms with Crippen LogP contribution in [-0.2, 0) is 23.1 Å². The van der Waals surface area contributed by atoms with Gasteiger partial charge in [-0.15, -0.1) is 0 Å². The number of amides is 1. The topological polar surface area (TPSA) is 69.7 Å². The Balaban J connectivity index is 1.65. The molecule has 0 spiro atoms. The molecule has 1 N–H and O–H groups in total. The van der Waals surface area contributed by atoms with E-state index in [0.717, 1.165) is 24.9 Å². The zero-order valence-electron chi connectivity index (χ0n) is 18.0. The highest BCUT2D eigenvalue weighted by Crippen LogP contribution is 2.21. The lowest BCUT2D eigenvalue weighted by molar-refractivity contribution is 0.0950. The normalized spacial score (nSPS) is 15.1. The highest BCUT2D eigenvalue weighted by molar-refractivity contribution is 7.89. The summed E-state index contributed by atoms with van der Waals surface area (Å²) in [5, 5.41) is 2.95. The van der Waals surface area contributed by atoms with Crippen molar-refractivity contribution in [2.45, 2.75) is 50.7 Å². The maximum absolute atomic E-state index is 12.6. The summed E-state index contributed by atoms with van der Waals surface area (Å²) in [6.45, 7) is 6.67. The van der Waals surface area contributed by atoms with Crippen LogP contribution < -0.4 is 5.32 Å². The minimum atomic E-state index is -3.46. The molecule has 0 aromatic heterocycles. The van der Waals surface area contributed by atoms with E-state index in [2.05, 4.69) is 37.2 Å². The van der Waals surface area contributed by atoms with Gasteiger partial charge < -0.3 is 5.32 Å². The van der Waals surface area contributed by atoms with Gasteiger partial charge in [-0.1, -0.05) is 24.3 Å². The minimum Gasteiger partial charge on any atom is -0.348 e. The quantitative estimate of drug-likeness (QED) is 0.699. The molecule has 30 heavy (non-hydrogen) atoms. The second kappa shape index (κ2) is 9.73. The largest absolute Gasteiger partial charge is 0.348 e. The number of carbonyl (C=O) groups excluding carboxylic acids is 1. The van der Waals surface area contributed by atoms with Crippen molar-refractivity contribution in [1.29, 1.82) is 0 Å². The molecule has 2 aromatic rings. The number of hydrogen-bond donors (Lipinski definition) is 1. The summed E-state index contributed by atoms with van der Waals surface area (Å²) in [6.07, 6.45) is 1.79. The van der Waals surface area contributed by atoms with Crippen molar-refractivity contribution < 1.29 is 13.2 Å². The van der Waals surface area contributed by atoms with Crippen LogP contribution in [0.4, 0.5) is 0 Å². The summed E-state index contributed by atoms with van der Waals surface area (Å²) in [5.41, 5.74) is 2.71. The van der Waals surface area contributed by atoms with E-state index in [1.165, 1.54) is 22.0 Å². The molecule has 1 aliphatic heterocycles. The third-order valence-corrected chi connectivity index (χ3v) is 7.59. The average molecular weight is 430 g/mol. The highest BCUT2D eigenvalue weighted by Gasteiger charge is 2.27. The molecule has 2 aromatic carbocycles. The summed E-state index contributed by atoms with van der Waals surface area (Å²) in [4.78, 5) is 15.1. The van der Waals surface area contributed by atoms with Crippen molar-refractivity contribution in [3.63, 3.8) is 0 Å². The summed E-state index contributed by atoms with van der Waals surface area (Å²) in [7, 11) is -1.38. The Kier molecular flexibility index (Phi) is 7.28. The predicted octanol–water partition coefficient (Wildman–Crippen LogP) is 3.24. The number of benzene rings is 2. The van der Waals surface area contributed by atoms with Crippen LogP contribution in [-0.4, -0.2) is 49.7 Å². The Morgan fingerprint density at radius 3 is 2.23 bits per heavy atom. The second-order valence-electron chi connectivity index (χ2n) is 8.10. The first kappa shape index (κ1) is 22.5. The van der Waals surface area contributed by atoms with Crippen molar-refractivity contribution in [3.8, 4) is 0 Å². The third kappa shape index (κ3) is 5.28. The number of hydrogen-bond acceptors (Lipinski definition) is 4. The van der Waals surface area contributed by atoms with Gasteiger partial charge in [0, 0.05) is 37.8 Å². The third-order valence-electron chi connectivity index (χ3n) is 5.68. The number of nitrogens with zero attached hydrogens (tertiary/aromatic N) is 2. The molecule has 0 aliphatic carbocycles. The average Bonchev–Trinajstić information content (AvgIpc) is 3.29. The Morgan fingerprint density at radius 1 is 1.03 bits per heavy atom. The summed E-state index contributed by atoms with van der Waals surface area (Å²) in [5.74, 6) is -0.216. The predicted molar refractivity (Wildman–Crippen MR) is 119 cm³/mol. The van der Waals surface area contributed by atoms with Crippen molar-refractivity contribution in [2.75, 3.05) is 20.1 Å². The molecular weight excluding hydrogens is 398 g/mol. The molecule has 6 nitrogen and oxygen atoms in total. The number of rotatable bonds is 8. The Labute approximate surface area is 179 Å². The van der Waals surface area contributed by atoms with E-state index < -0.39 is 10.0 Å². The fourth-order valence-electron chi connectivity index (χ4n) is 3.47. The van der Waals surface area contributed by atoms with Crippen molar-refractivity contribution in [2.24, 2.45) is 0 Å². The summed E-state index contributed by atoms with van der Waals surface area (Å²) < 4.78 is 26.7. The second-order valence-corrected chi connectivity index (χ2v) is 10.0. The molecule has 1 saturated heterocycles. The molecule has 0 radical (unpaired) electrons. The SMILES string of the molecule is CC(C)N(C)Cc1ccccc1CNC(=O)c1ccc(S(=O)(=O)N2CCCC2)cc1. The van der Waals surface area contributed by atoms with E-state index in [-0.39, 0.29) is 10.8 Å². The van der Waals surface area contributed by atoms with Gasteiger partial charge in [-0.2, -0.15) is 4.31 Å². The molecule has 3 rings (SSSR count). The van der Waals surface area contributed by atoms with Crippen LogP contribution >= 0.6 is 0 Å². The van der Waals surface area contributed by atoms with Gasteiger partial charge in [0.2, 0.25) is 10.0 Å². The fraction of sp³-hybridized carbons (Fsp3) is 0.435. The molecule has 0 atom stereocenters. The number of sulfonamides is 1. The Morgan fingerprint density at radius 2 is 1.63 bits per heavy atom. The molecular formula is C23H31N3O3S. The van der Waals surface area contributed by atoms with Crippen LogP contribution in [0, 0.1) is 0 Å². The smallest absolute Gasteiger partial charge is 0.251 e. The molecule has 162 valence electrons. The van der Waals surface area contributed by atoms with Gasteiger partial charge in [0.25, 0.3) is 5.91 Å². The molecule has 1 fully saturated rings. The van der Waals surface area contributed by atoms with Gasteiger partial charge in [-0.05, 0) is 69.1 Å². The highest BCUT2D eigenvalue weighted by atomic mass is 32.2. The van der Waals surface area contributed by atoms with Crippen molar-refractivity contribution in [1.82, 2.24) is 14.5 Å². The van der Waals surface area contributed by atoms with E-state index in [9.17, 15) is 13.2 Å². The van der Waals surface area contributed by atoms with Gasteiger partial charge in [0.15, 0.2) is 0 Å². The lowest BCUT2D eigenvalue weighted by atomic mass is 10.1. The molecule has 0 saturated carbocycles. The van der Waals surface area contributed by atoms with Gasteiger partial charge in [0.05, 0.1) is 4.90 Å². The van der Waals surface area contributed by atoms with Crippen LogP contribution in [0.25, 0.3) is 0 Å². The summed E-state index contributed by atoms with van der Waals surface area (Å²) >= 11 is 0. The van der Waals surface area contributed by atoms with E-state index >= 15 is 0 Å². The minimum absolute atomic E-state index is 0.216. The van der Waals surface area contributed by atoms with Crippen molar-refractivity contribution in [3.05, 3.63) is 65.2 Å².